The number of rotatable bonds is 5. The van der Waals surface area contributed by atoms with Crippen molar-refractivity contribution in [3.8, 4) is 6.07 Å². The third-order valence-corrected chi connectivity index (χ3v) is 12.2. The molecule has 21 heavy (non-hydrogen) atoms. The minimum atomic E-state index is -2.45. The van der Waals surface area contributed by atoms with Crippen LogP contribution in [0.3, 0.4) is 0 Å². The van der Waals surface area contributed by atoms with E-state index >= 15 is 0 Å². The molecule has 2 aromatic rings. The molecule has 0 saturated carbocycles. The van der Waals surface area contributed by atoms with Gasteiger partial charge < -0.3 is 4.52 Å². The number of thiol groups is 1. The summed E-state index contributed by atoms with van der Waals surface area (Å²) in [6, 6.07) is 22.2. The lowest BCUT2D eigenvalue weighted by molar-refractivity contribution is 0.320. The lowest BCUT2D eigenvalue weighted by atomic mass is 10.4. The second kappa shape index (κ2) is 7.54. The van der Waals surface area contributed by atoms with E-state index in [1.54, 1.807) is 6.92 Å². The highest BCUT2D eigenvalue weighted by Crippen LogP contribution is 2.78. The summed E-state index contributed by atoms with van der Waals surface area (Å²) in [5.74, 6) is 0. The molecule has 2 aromatic carbocycles. The molecule has 2 atom stereocenters. The van der Waals surface area contributed by atoms with Crippen molar-refractivity contribution in [2.24, 2.45) is 0 Å². The maximum Gasteiger partial charge on any atom is 0.147 e. The molecule has 0 amide bonds. The topological polar surface area (TPSA) is 33.0 Å². The Bertz CT molecular complexity index is 634. The van der Waals surface area contributed by atoms with Crippen LogP contribution in [-0.2, 0) is 16.3 Å². The monoisotopic (exact) mass is 351 g/mol. The molecular formula is C15H15NOP2S2. The SMILES string of the molecule is CC(C#N)OP(=S)(S)P(c1ccccc1)c1ccccc1. The van der Waals surface area contributed by atoms with E-state index in [0.29, 0.717) is 0 Å². The van der Waals surface area contributed by atoms with Crippen LogP contribution in [0, 0.1) is 11.3 Å². The normalized spacial score (nSPS) is 15.1. The van der Waals surface area contributed by atoms with Gasteiger partial charge in [0.25, 0.3) is 0 Å². The zero-order valence-electron chi connectivity index (χ0n) is 11.5. The van der Waals surface area contributed by atoms with Gasteiger partial charge in [-0.2, -0.15) is 5.26 Å². The third kappa shape index (κ3) is 4.39. The van der Waals surface area contributed by atoms with Crippen molar-refractivity contribution in [1.82, 2.24) is 0 Å². The van der Waals surface area contributed by atoms with Crippen LogP contribution in [0.4, 0.5) is 0 Å². The zero-order valence-corrected chi connectivity index (χ0v) is 15.0. The van der Waals surface area contributed by atoms with E-state index in [1.807, 2.05) is 36.4 Å². The molecule has 0 N–H and O–H groups in total. The van der Waals surface area contributed by atoms with E-state index in [4.69, 9.17) is 21.6 Å². The Labute approximate surface area is 137 Å². The Morgan fingerprint density at radius 2 is 1.52 bits per heavy atom. The molecule has 0 fully saturated rings. The Morgan fingerprint density at radius 3 is 1.90 bits per heavy atom. The van der Waals surface area contributed by atoms with Crippen LogP contribution in [0.5, 0.6) is 0 Å². The van der Waals surface area contributed by atoms with Crippen LogP contribution in [-0.4, -0.2) is 6.10 Å². The number of nitriles is 1. The number of nitrogens with zero attached hydrogens (tertiary/aromatic N) is 1. The molecule has 2 rings (SSSR count). The molecular weight excluding hydrogens is 336 g/mol. The van der Waals surface area contributed by atoms with Gasteiger partial charge in [-0.1, -0.05) is 72.5 Å². The van der Waals surface area contributed by atoms with Crippen molar-refractivity contribution in [2.75, 3.05) is 0 Å². The second-order valence-electron chi connectivity index (χ2n) is 4.35. The van der Waals surface area contributed by atoms with E-state index in [-0.39, 0.29) is 0 Å². The summed E-state index contributed by atoms with van der Waals surface area (Å²) in [6.07, 6.45) is -0.550. The lowest BCUT2D eigenvalue weighted by Crippen LogP contribution is -2.12. The van der Waals surface area contributed by atoms with E-state index in [9.17, 15) is 0 Å². The summed E-state index contributed by atoms with van der Waals surface area (Å²) >= 11 is 10.4. The molecule has 0 heterocycles. The van der Waals surface area contributed by atoms with Crippen molar-refractivity contribution < 1.29 is 4.52 Å². The van der Waals surface area contributed by atoms with Gasteiger partial charge in [0.1, 0.15) is 11.3 Å². The van der Waals surface area contributed by atoms with Gasteiger partial charge in [-0.3, -0.25) is 0 Å². The van der Waals surface area contributed by atoms with Gasteiger partial charge in [0, 0.05) is 7.61 Å². The Hall–Kier alpha value is -0.680. The van der Waals surface area contributed by atoms with Crippen LogP contribution in [0.15, 0.2) is 60.7 Å². The van der Waals surface area contributed by atoms with Crippen LogP contribution in [0.1, 0.15) is 6.92 Å². The van der Waals surface area contributed by atoms with Crippen molar-refractivity contribution in [1.29, 1.82) is 5.26 Å². The molecule has 0 saturated heterocycles. The molecule has 0 spiro atoms. The highest BCUT2D eigenvalue weighted by molar-refractivity contribution is 8.85. The van der Waals surface area contributed by atoms with Gasteiger partial charge >= 0.3 is 0 Å². The fourth-order valence-corrected chi connectivity index (χ4v) is 11.8. The predicted octanol–water partition coefficient (Wildman–Crippen LogP) is 4.20. The van der Waals surface area contributed by atoms with Crippen molar-refractivity contribution in [2.45, 2.75) is 13.0 Å². The fraction of sp³-hybridized carbons (Fsp3) is 0.133. The van der Waals surface area contributed by atoms with Gasteiger partial charge in [0.05, 0.1) is 6.07 Å². The van der Waals surface area contributed by atoms with Gasteiger partial charge in [-0.25, -0.2) is 0 Å². The fourth-order valence-electron chi connectivity index (χ4n) is 1.86. The largest absolute Gasteiger partial charge is 0.320 e. The molecule has 108 valence electrons. The van der Waals surface area contributed by atoms with Crippen LogP contribution in [0.25, 0.3) is 0 Å². The van der Waals surface area contributed by atoms with E-state index in [2.05, 4.69) is 42.6 Å². The molecule has 0 aliphatic rings. The van der Waals surface area contributed by atoms with Crippen molar-refractivity contribution in [3.05, 3.63) is 60.7 Å². The smallest absolute Gasteiger partial charge is 0.147 e. The average Bonchev–Trinajstić information content (AvgIpc) is 2.48. The quantitative estimate of drug-likeness (QED) is 0.647. The minimum absolute atomic E-state index is 0.550. The molecule has 6 heteroatoms. The maximum atomic E-state index is 8.99. The Kier molecular flexibility index (Phi) is 5.99. The Balaban J connectivity index is 2.47. The van der Waals surface area contributed by atoms with Crippen molar-refractivity contribution in [3.63, 3.8) is 0 Å². The summed E-state index contributed by atoms with van der Waals surface area (Å²) < 4.78 is 5.82. The number of hydrogen-bond donors (Lipinski definition) is 1. The molecule has 0 bridgehead atoms. The Morgan fingerprint density at radius 1 is 1.10 bits per heavy atom. The highest BCUT2D eigenvalue weighted by atomic mass is 33.1. The third-order valence-electron chi connectivity index (χ3n) is 2.73. The summed E-state index contributed by atoms with van der Waals surface area (Å²) in [4.78, 5) is 0. The predicted molar refractivity (Wildman–Crippen MR) is 98.5 cm³/mol. The summed E-state index contributed by atoms with van der Waals surface area (Å²) in [5.41, 5.74) is 0. The van der Waals surface area contributed by atoms with E-state index in [0.717, 1.165) is 10.6 Å². The average molecular weight is 351 g/mol. The maximum absolute atomic E-state index is 8.99. The van der Waals surface area contributed by atoms with Crippen LogP contribution >= 0.6 is 25.0 Å². The molecule has 0 radical (unpaired) electrons. The zero-order chi connectivity index (χ0) is 15.3. The van der Waals surface area contributed by atoms with Gasteiger partial charge in [-0.15, -0.1) is 12.2 Å². The number of hydrogen-bond acceptors (Lipinski definition) is 3. The van der Waals surface area contributed by atoms with Gasteiger partial charge in [0.2, 0.25) is 0 Å². The summed E-state index contributed by atoms with van der Waals surface area (Å²) in [7, 11) is -0.916. The van der Waals surface area contributed by atoms with Crippen LogP contribution < -0.4 is 10.6 Å². The molecule has 2 unspecified atom stereocenters. The first kappa shape index (κ1) is 16.7. The van der Waals surface area contributed by atoms with Gasteiger partial charge in [-0.05, 0) is 17.5 Å². The minimum Gasteiger partial charge on any atom is -0.320 e. The van der Waals surface area contributed by atoms with E-state index < -0.39 is 18.9 Å². The van der Waals surface area contributed by atoms with Gasteiger partial charge in [0.15, 0.2) is 0 Å². The summed E-state index contributed by atoms with van der Waals surface area (Å²) in [5, 5.41) is 8.80. The molecule has 0 aromatic heterocycles. The molecule has 0 aliphatic carbocycles. The first-order chi connectivity index (χ1) is 10.0. The van der Waals surface area contributed by atoms with Crippen molar-refractivity contribution >= 4 is 47.4 Å². The summed E-state index contributed by atoms with van der Waals surface area (Å²) in [6.45, 7) is 1.71. The second-order valence-corrected chi connectivity index (χ2v) is 15.9. The standard InChI is InChI=1S/C15H15NOP2S2/c1-13(12-16)17-19(20,21)18(14-8-4-2-5-9-14)15-10-6-3-7-11-15/h2-11,13H,1H3,(H,20,21). The highest BCUT2D eigenvalue weighted by Gasteiger charge is 2.30. The number of benzene rings is 2. The first-order valence-electron chi connectivity index (χ1n) is 6.36. The molecule has 0 aliphatic heterocycles. The lowest BCUT2D eigenvalue weighted by Gasteiger charge is -2.28. The first-order valence-corrected chi connectivity index (χ1v) is 12.3. The molecule has 2 nitrogen and oxygen atoms in total. The van der Waals surface area contributed by atoms with Crippen LogP contribution in [0.2, 0.25) is 0 Å². The van der Waals surface area contributed by atoms with E-state index in [1.165, 1.54) is 0 Å².